The Labute approximate surface area is 141 Å². The maximum atomic E-state index is 12.0. The van der Waals surface area contributed by atoms with Gasteiger partial charge in [0.2, 0.25) is 11.7 Å². The molecule has 1 amide bonds. The Morgan fingerprint density at radius 2 is 2.04 bits per heavy atom. The molecule has 0 saturated carbocycles. The van der Waals surface area contributed by atoms with Crippen molar-refractivity contribution in [1.29, 1.82) is 0 Å². The minimum Gasteiger partial charge on any atom is -0.352 e. The number of amides is 1. The van der Waals surface area contributed by atoms with Crippen molar-refractivity contribution >= 4 is 17.5 Å². The van der Waals surface area contributed by atoms with Gasteiger partial charge in [-0.25, -0.2) is 0 Å². The van der Waals surface area contributed by atoms with E-state index in [1.807, 2.05) is 19.1 Å². The van der Waals surface area contributed by atoms with Crippen LogP contribution in [0.4, 0.5) is 0 Å². The molecule has 0 fully saturated rings. The first kappa shape index (κ1) is 17.4. The summed E-state index contributed by atoms with van der Waals surface area (Å²) < 4.78 is 0. The molecule has 1 N–H and O–H groups in total. The van der Waals surface area contributed by atoms with Gasteiger partial charge in [0, 0.05) is 16.6 Å². The fourth-order valence-corrected chi connectivity index (χ4v) is 2.37. The zero-order valence-corrected chi connectivity index (χ0v) is 14.3. The molecular weight excluding hydrogens is 314 g/mol. The Kier molecular flexibility index (Phi) is 6.52. The first-order valence-electron chi connectivity index (χ1n) is 7.91. The summed E-state index contributed by atoms with van der Waals surface area (Å²) in [4.78, 5) is 13.3. The molecule has 0 aliphatic heterocycles. The summed E-state index contributed by atoms with van der Waals surface area (Å²) in [6, 6.07) is 7.33. The maximum absolute atomic E-state index is 12.0. The molecule has 1 unspecified atom stereocenters. The largest absolute Gasteiger partial charge is 0.352 e. The monoisotopic (exact) mass is 335 g/mol. The number of carbonyl (C=O) groups is 1. The lowest BCUT2D eigenvalue weighted by Gasteiger charge is -2.12. The normalized spacial score (nSPS) is 12.1. The van der Waals surface area contributed by atoms with Crippen LogP contribution >= 0.6 is 11.6 Å². The molecule has 2 rings (SSSR count). The molecule has 1 atom stereocenters. The fraction of sp³-hybridized carbons (Fsp3) is 0.500. The predicted molar refractivity (Wildman–Crippen MR) is 90.0 cm³/mol. The number of benzene rings is 1. The lowest BCUT2D eigenvalue weighted by Crippen LogP contribution is -2.35. The first-order valence-corrected chi connectivity index (χ1v) is 8.29. The smallest absolute Gasteiger partial charge is 0.243 e. The molecule has 1 heterocycles. The predicted octanol–water partition coefficient (Wildman–Crippen LogP) is 3.08. The highest BCUT2D eigenvalue weighted by atomic mass is 35.5. The Hall–Kier alpha value is -1.95. The number of nitrogens with one attached hydrogen (secondary N) is 1. The third-order valence-electron chi connectivity index (χ3n) is 3.49. The van der Waals surface area contributed by atoms with E-state index < -0.39 is 0 Å². The van der Waals surface area contributed by atoms with E-state index in [1.54, 1.807) is 12.1 Å². The number of hydrogen-bond acceptors (Lipinski definition) is 4. The number of carbonyl (C=O) groups excluding carboxylic acids is 1. The third-order valence-corrected chi connectivity index (χ3v) is 3.74. The van der Waals surface area contributed by atoms with Gasteiger partial charge in [-0.05, 0) is 42.8 Å². The second-order valence-corrected chi connectivity index (χ2v) is 6.05. The number of tetrazole rings is 1. The highest BCUT2D eigenvalue weighted by molar-refractivity contribution is 6.30. The van der Waals surface area contributed by atoms with E-state index >= 15 is 0 Å². The molecule has 1 aromatic heterocycles. The van der Waals surface area contributed by atoms with E-state index in [2.05, 4.69) is 27.7 Å². The van der Waals surface area contributed by atoms with Gasteiger partial charge in [0.1, 0.15) is 6.54 Å². The Balaban J connectivity index is 1.86. The molecule has 0 radical (unpaired) electrons. The van der Waals surface area contributed by atoms with E-state index in [4.69, 9.17) is 11.6 Å². The average molecular weight is 336 g/mol. The van der Waals surface area contributed by atoms with Gasteiger partial charge in [0.25, 0.3) is 0 Å². The molecule has 1 aromatic carbocycles. The van der Waals surface area contributed by atoms with Gasteiger partial charge in [0.15, 0.2) is 0 Å². The molecule has 0 bridgehead atoms. The number of unbranched alkanes of at least 4 members (excludes halogenated alkanes) is 2. The fourth-order valence-electron chi connectivity index (χ4n) is 2.25. The van der Waals surface area contributed by atoms with E-state index in [9.17, 15) is 4.79 Å². The molecule has 6 nitrogen and oxygen atoms in total. The van der Waals surface area contributed by atoms with Crippen molar-refractivity contribution in [3.05, 3.63) is 29.3 Å². The van der Waals surface area contributed by atoms with E-state index in [-0.39, 0.29) is 18.5 Å². The van der Waals surface area contributed by atoms with Crippen LogP contribution in [0.3, 0.4) is 0 Å². The number of hydrogen-bond donors (Lipinski definition) is 1. The van der Waals surface area contributed by atoms with Crippen molar-refractivity contribution in [3.63, 3.8) is 0 Å². The van der Waals surface area contributed by atoms with Gasteiger partial charge >= 0.3 is 0 Å². The Morgan fingerprint density at radius 3 is 2.74 bits per heavy atom. The summed E-state index contributed by atoms with van der Waals surface area (Å²) in [5.41, 5.74) is 0.814. The van der Waals surface area contributed by atoms with Crippen molar-refractivity contribution in [2.75, 3.05) is 0 Å². The molecule has 2 aromatic rings. The number of aromatic nitrogens is 4. The van der Waals surface area contributed by atoms with Crippen molar-refractivity contribution in [2.24, 2.45) is 0 Å². The first-order chi connectivity index (χ1) is 11.1. The SMILES string of the molecule is CCCCCC(C)NC(=O)Cn1nnc(-c2ccc(Cl)cc2)n1. The van der Waals surface area contributed by atoms with Crippen molar-refractivity contribution in [3.8, 4) is 11.4 Å². The van der Waals surface area contributed by atoms with Gasteiger partial charge in [-0.2, -0.15) is 4.80 Å². The minimum absolute atomic E-state index is 0.0682. The second kappa shape index (κ2) is 8.62. The highest BCUT2D eigenvalue weighted by Crippen LogP contribution is 2.16. The van der Waals surface area contributed by atoms with Crippen LogP contribution < -0.4 is 5.32 Å². The number of nitrogens with zero attached hydrogens (tertiary/aromatic N) is 4. The molecule has 0 aliphatic carbocycles. The topological polar surface area (TPSA) is 72.7 Å². The van der Waals surface area contributed by atoms with Crippen LogP contribution in [0.1, 0.15) is 39.5 Å². The number of halogens is 1. The van der Waals surface area contributed by atoms with Gasteiger partial charge in [-0.1, -0.05) is 37.8 Å². The zero-order valence-electron chi connectivity index (χ0n) is 13.5. The standard InChI is InChI=1S/C16H22ClN5O/c1-3-4-5-6-12(2)18-15(23)11-22-20-16(19-21-22)13-7-9-14(17)10-8-13/h7-10,12H,3-6,11H2,1-2H3,(H,18,23). The quantitative estimate of drug-likeness (QED) is 0.752. The van der Waals surface area contributed by atoms with Gasteiger partial charge < -0.3 is 5.32 Å². The van der Waals surface area contributed by atoms with Gasteiger partial charge in [0.05, 0.1) is 0 Å². The van der Waals surface area contributed by atoms with Crippen molar-refractivity contribution < 1.29 is 4.79 Å². The third kappa shape index (κ3) is 5.63. The van der Waals surface area contributed by atoms with Gasteiger partial charge in [-0.3, -0.25) is 4.79 Å². The summed E-state index contributed by atoms with van der Waals surface area (Å²) in [7, 11) is 0. The summed E-state index contributed by atoms with van der Waals surface area (Å²) in [6.07, 6.45) is 4.48. The van der Waals surface area contributed by atoms with Gasteiger partial charge in [-0.15, -0.1) is 10.2 Å². The summed E-state index contributed by atoms with van der Waals surface area (Å²) >= 11 is 5.85. The zero-order chi connectivity index (χ0) is 16.7. The van der Waals surface area contributed by atoms with Crippen LogP contribution in [0.15, 0.2) is 24.3 Å². The minimum atomic E-state index is -0.103. The number of rotatable bonds is 8. The summed E-state index contributed by atoms with van der Waals surface area (Å²) in [6.45, 7) is 4.25. The molecular formula is C16H22ClN5O. The Bertz CT molecular complexity index is 626. The second-order valence-electron chi connectivity index (χ2n) is 5.61. The van der Waals surface area contributed by atoms with E-state index in [0.29, 0.717) is 10.8 Å². The van der Waals surface area contributed by atoms with Crippen molar-refractivity contribution in [1.82, 2.24) is 25.5 Å². The van der Waals surface area contributed by atoms with Crippen LogP contribution in [0.5, 0.6) is 0 Å². The lowest BCUT2D eigenvalue weighted by molar-refractivity contribution is -0.122. The highest BCUT2D eigenvalue weighted by Gasteiger charge is 2.11. The molecule has 124 valence electrons. The van der Waals surface area contributed by atoms with E-state index in [0.717, 1.165) is 18.4 Å². The molecule has 0 saturated heterocycles. The van der Waals surface area contributed by atoms with Crippen molar-refractivity contribution in [2.45, 2.75) is 52.1 Å². The summed E-state index contributed by atoms with van der Waals surface area (Å²) in [5.74, 6) is 0.375. The van der Waals surface area contributed by atoms with Crippen LogP contribution in [-0.4, -0.2) is 32.2 Å². The van der Waals surface area contributed by atoms with E-state index in [1.165, 1.54) is 17.6 Å². The van der Waals surface area contributed by atoms with Crippen LogP contribution in [-0.2, 0) is 11.3 Å². The van der Waals surface area contributed by atoms with Crippen LogP contribution in [0.25, 0.3) is 11.4 Å². The molecule has 7 heteroatoms. The summed E-state index contributed by atoms with van der Waals surface area (Å²) in [5, 5.41) is 15.7. The lowest BCUT2D eigenvalue weighted by atomic mass is 10.1. The molecule has 0 spiro atoms. The Morgan fingerprint density at radius 1 is 1.30 bits per heavy atom. The van der Waals surface area contributed by atoms with Crippen LogP contribution in [0, 0.1) is 0 Å². The molecule has 0 aliphatic rings. The van der Waals surface area contributed by atoms with Crippen LogP contribution in [0.2, 0.25) is 5.02 Å². The molecule has 23 heavy (non-hydrogen) atoms. The average Bonchev–Trinajstić information content (AvgIpc) is 2.96. The maximum Gasteiger partial charge on any atom is 0.243 e.